The zero-order valence-corrected chi connectivity index (χ0v) is 7.61. The van der Waals surface area contributed by atoms with Crippen LogP contribution in [0.5, 0.6) is 5.75 Å². The van der Waals surface area contributed by atoms with Crippen LogP contribution in [-0.4, -0.2) is 11.6 Å². The number of nitrogens with zero attached hydrogens (tertiary/aromatic N) is 1. The van der Waals surface area contributed by atoms with Gasteiger partial charge in [0.25, 0.3) is 0 Å². The number of aromatic nitrogens is 1. The Balaban J connectivity index is 2.98. The van der Waals surface area contributed by atoms with Crippen molar-refractivity contribution < 1.29 is 26.7 Å². The predicted octanol–water partition coefficient (Wildman–Crippen LogP) is 3.36. The van der Waals surface area contributed by atoms with Gasteiger partial charge < -0.3 is 4.74 Å². The summed E-state index contributed by atoms with van der Waals surface area (Å²) in [6.07, 6.45) is -4.18. The Kier molecular flexibility index (Phi) is 3.33. The molecule has 0 atom stereocenters. The zero-order valence-electron chi connectivity index (χ0n) is 6.86. The fraction of sp³-hybridized carbons (Fsp3) is 0.286. The molecule has 0 aliphatic rings. The van der Waals surface area contributed by atoms with E-state index in [0.29, 0.717) is 12.3 Å². The highest BCUT2D eigenvalue weighted by molar-refractivity contribution is 6.32. The number of hydrogen-bond acceptors (Lipinski definition) is 2. The quantitative estimate of drug-likeness (QED) is 0.748. The third-order valence-electron chi connectivity index (χ3n) is 1.33. The van der Waals surface area contributed by atoms with Crippen molar-refractivity contribution in [2.45, 2.75) is 12.8 Å². The second-order valence-electron chi connectivity index (χ2n) is 2.38. The molecule has 2 nitrogen and oxygen atoms in total. The van der Waals surface area contributed by atoms with E-state index in [1.165, 1.54) is 0 Å². The van der Waals surface area contributed by atoms with E-state index in [1.54, 1.807) is 0 Å². The summed E-state index contributed by atoms with van der Waals surface area (Å²) in [6.45, 7) is -3.17. The Hall–Kier alpha value is -1.11. The van der Waals surface area contributed by atoms with Crippen LogP contribution in [-0.2, 0) is 6.18 Å². The summed E-state index contributed by atoms with van der Waals surface area (Å²) >= 11 is 5.28. The maximum absolute atomic E-state index is 12.1. The fourth-order valence-electron chi connectivity index (χ4n) is 0.756. The highest BCUT2D eigenvalue weighted by Crippen LogP contribution is 2.33. The zero-order chi connectivity index (χ0) is 11.6. The largest absolute Gasteiger partial charge is 0.433 e. The minimum atomic E-state index is -4.67. The molecule has 1 rings (SSSR count). The molecule has 0 spiro atoms. The summed E-state index contributed by atoms with van der Waals surface area (Å²) < 4.78 is 63.4. The smallest absolute Gasteiger partial charge is 0.432 e. The molecule has 84 valence electrons. The number of halogens is 6. The molecular weight excluding hydrogens is 245 g/mol. The van der Waals surface area contributed by atoms with Gasteiger partial charge in [-0.1, -0.05) is 11.6 Å². The molecule has 1 aromatic heterocycles. The van der Waals surface area contributed by atoms with Crippen LogP contribution in [0.3, 0.4) is 0 Å². The average Bonchev–Trinajstić information content (AvgIpc) is 2.05. The van der Waals surface area contributed by atoms with E-state index in [9.17, 15) is 22.0 Å². The van der Waals surface area contributed by atoms with Crippen molar-refractivity contribution in [2.24, 2.45) is 0 Å². The Bertz CT molecular complexity index is 354. The van der Waals surface area contributed by atoms with Gasteiger partial charge in [-0.25, -0.2) is 4.98 Å². The van der Waals surface area contributed by atoms with Crippen molar-refractivity contribution in [2.75, 3.05) is 0 Å². The molecule has 0 fully saturated rings. The van der Waals surface area contributed by atoms with E-state index in [2.05, 4.69) is 9.72 Å². The van der Waals surface area contributed by atoms with Gasteiger partial charge >= 0.3 is 12.8 Å². The summed E-state index contributed by atoms with van der Waals surface area (Å²) in [5.74, 6) is -0.598. The van der Waals surface area contributed by atoms with Crippen molar-refractivity contribution in [1.29, 1.82) is 0 Å². The third-order valence-corrected chi connectivity index (χ3v) is 1.62. The molecule has 0 unspecified atom stereocenters. The van der Waals surface area contributed by atoms with Crippen molar-refractivity contribution in [3.8, 4) is 5.75 Å². The lowest BCUT2D eigenvalue weighted by Crippen LogP contribution is -2.09. The molecule has 15 heavy (non-hydrogen) atoms. The number of ether oxygens (including phenoxy) is 1. The van der Waals surface area contributed by atoms with Gasteiger partial charge in [-0.05, 0) is 6.07 Å². The monoisotopic (exact) mass is 247 g/mol. The molecule has 0 aromatic carbocycles. The molecule has 0 saturated heterocycles. The van der Waals surface area contributed by atoms with Crippen molar-refractivity contribution in [1.82, 2.24) is 4.98 Å². The van der Waals surface area contributed by atoms with Crippen molar-refractivity contribution in [3.05, 3.63) is 23.0 Å². The highest BCUT2D eigenvalue weighted by Gasteiger charge is 2.33. The van der Waals surface area contributed by atoms with Crippen LogP contribution < -0.4 is 4.74 Å². The molecule has 1 aromatic rings. The molecular formula is C7H3ClF5NO. The summed E-state index contributed by atoms with van der Waals surface area (Å²) in [7, 11) is 0. The van der Waals surface area contributed by atoms with Crippen LogP contribution in [0.4, 0.5) is 22.0 Å². The molecule has 0 amide bonds. The predicted molar refractivity (Wildman–Crippen MR) is 40.9 cm³/mol. The first-order chi connectivity index (χ1) is 6.80. The Morgan fingerprint density at radius 3 is 2.33 bits per heavy atom. The van der Waals surface area contributed by atoms with E-state index in [-0.39, 0.29) is 0 Å². The first kappa shape index (κ1) is 12.0. The average molecular weight is 248 g/mol. The van der Waals surface area contributed by atoms with E-state index in [0.717, 1.165) is 0 Å². The summed E-state index contributed by atoms with van der Waals surface area (Å²) in [5.41, 5.74) is -1.27. The van der Waals surface area contributed by atoms with Gasteiger partial charge in [0.2, 0.25) is 0 Å². The van der Waals surface area contributed by atoms with Crippen molar-refractivity contribution in [3.63, 3.8) is 0 Å². The summed E-state index contributed by atoms with van der Waals surface area (Å²) in [4.78, 5) is 2.90. The normalized spacial score (nSPS) is 11.9. The van der Waals surface area contributed by atoms with E-state index in [4.69, 9.17) is 11.6 Å². The van der Waals surface area contributed by atoms with Crippen LogP contribution in [0.2, 0.25) is 5.02 Å². The molecule has 1 heterocycles. The van der Waals surface area contributed by atoms with E-state index in [1.807, 2.05) is 0 Å². The lowest BCUT2D eigenvalue weighted by Gasteiger charge is -2.09. The molecule has 0 N–H and O–H groups in total. The van der Waals surface area contributed by atoms with Gasteiger partial charge in [0.15, 0.2) is 5.75 Å². The molecule has 0 bridgehead atoms. The summed E-state index contributed by atoms with van der Waals surface area (Å²) in [6, 6.07) is 0.416. The van der Waals surface area contributed by atoms with Gasteiger partial charge in [0, 0.05) is 0 Å². The fourth-order valence-corrected chi connectivity index (χ4v) is 0.953. The second kappa shape index (κ2) is 4.18. The number of rotatable bonds is 2. The number of hydrogen-bond donors (Lipinski definition) is 0. The van der Waals surface area contributed by atoms with Crippen LogP contribution in [0.1, 0.15) is 5.69 Å². The summed E-state index contributed by atoms with van der Waals surface area (Å²) in [5, 5.41) is -0.572. The van der Waals surface area contributed by atoms with E-state index >= 15 is 0 Å². The van der Waals surface area contributed by atoms with Crippen molar-refractivity contribution >= 4 is 11.6 Å². The van der Waals surface area contributed by atoms with Crippen LogP contribution in [0.25, 0.3) is 0 Å². The lowest BCUT2D eigenvalue weighted by atomic mass is 10.3. The highest BCUT2D eigenvalue weighted by atomic mass is 35.5. The van der Waals surface area contributed by atoms with E-state index < -0.39 is 29.3 Å². The first-order valence-electron chi connectivity index (χ1n) is 3.48. The van der Waals surface area contributed by atoms with Gasteiger partial charge in [-0.2, -0.15) is 22.0 Å². The molecule has 0 aliphatic carbocycles. The minimum Gasteiger partial charge on any atom is -0.432 e. The second-order valence-corrected chi connectivity index (χ2v) is 2.78. The van der Waals surface area contributed by atoms with Gasteiger partial charge in [0.1, 0.15) is 5.69 Å². The Morgan fingerprint density at radius 1 is 1.33 bits per heavy atom. The van der Waals surface area contributed by atoms with Gasteiger partial charge in [0.05, 0.1) is 11.2 Å². The first-order valence-corrected chi connectivity index (χ1v) is 3.86. The maximum Gasteiger partial charge on any atom is 0.433 e. The van der Waals surface area contributed by atoms with Crippen LogP contribution in [0.15, 0.2) is 12.3 Å². The van der Waals surface area contributed by atoms with Crippen LogP contribution >= 0.6 is 11.6 Å². The Morgan fingerprint density at radius 2 is 1.93 bits per heavy atom. The minimum absolute atomic E-state index is 0.416. The maximum atomic E-state index is 12.1. The van der Waals surface area contributed by atoms with Gasteiger partial charge in [-0.15, -0.1) is 0 Å². The SMILES string of the molecule is FC(F)Oc1cnc(C(F)(F)F)cc1Cl. The third kappa shape index (κ3) is 3.19. The molecule has 8 heteroatoms. The molecule has 0 aliphatic heterocycles. The number of alkyl halides is 5. The standard InChI is InChI=1S/C7H3ClF5NO/c8-3-1-5(7(11,12)13)14-2-4(3)15-6(9)10/h1-2,6H. The molecule has 0 saturated carbocycles. The lowest BCUT2D eigenvalue weighted by molar-refractivity contribution is -0.141. The van der Waals surface area contributed by atoms with Crippen LogP contribution in [0, 0.1) is 0 Å². The topological polar surface area (TPSA) is 22.1 Å². The Labute approximate surface area is 85.6 Å². The van der Waals surface area contributed by atoms with Gasteiger partial charge in [-0.3, -0.25) is 0 Å². The number of pyridine rings is 1. The molecule has 0 radical (unpaired) electrons.